The van der Waals surface area contributed by atoms with Gasteiger partial charge in [-0.3, -0.25) is 4.79 Å². The van der Waals surface area contributed by atoms with Crippen molar-refractivity contribution >= 4 is 16.7 Å². The molecule has 0 bridgehead atoms. The number of ketones is 1. The Labute approximate surface area is 132 Å². The van der Waals surface area contributed by atoms with E-state index in [0.717, 1.165) is 54.7 Å². The lowest BCUT2D eigenvalue weighted by molar-refractivity contribution is 0.101. The molecule has 0 unspecified atom stereocenters. The topological polar surface area (TPSA) is 43.3 Å². The van der Waals surface area contributed by atoms with Gasteiger partial charge < -0.3 is 14.6 Å². The molecule has 0 aliphatic heterocycles. The van der Waals surface area contributed by atoms with Crippen molar-refractivity contribution in [3.05, 3.63) is 29.5 Å². The second-order valence-corrected chi connectivity index (χ2v) is 5.63. The molecule has 2 aromatic rings. The molecule has 1 aromatic heterocycles. The molecule has 0 aliphatic rings. The van der Waals surface area contributed by atoms with E-state index in [9.17, 15) is 4.79 Å². The molecule has 4 nitrogen and oxygen atoms in total. The van der Waals surface area contributed by atoms with Gasteiger partial charge in [0.15, 0.2) is 5.78 Å². The summed E-state index contributed by atoms with van der Waals surface area (Å²) in [5.41, 5.74) is 3.05. The van der Waals surface area contributed by atoms with Gasteiger partial charge in [-0.25, -0.2) is 0 Å². The van der Waals surface area contributed by atoms with Crippen LogP contribution in [-0.4, -0.2) is 30.5 Å². The number of hydrogen-bond acceptors (Lipinski definition) is 3. The van der Waals surface area contributed by atoms with Crippen LogP contribution in [0.3, 0.4) is 0 Å². The first-order valence-corrected chi connectivity index (χ1v) is 7.97. The maximum atomic E-state index is 11.8. The van der Waals surface area contributed by atoms with Crippen molar-refractivity contribution in [3.8, 4) is 5.75 Å². The monoisotopic (exact) mass is 302 g/mol. The van der Waals surface area contributed by atoms with Gasteiger partial charge >= 0.3 is 0 Å². The molecule has 22 heavy (non-hydrogen) atoms. The van der Waals surface area contributed by atoms with Crippen molar-refractivity contribution in [2.24, 2.45) is 7.05 Å². The van der Waals surface area contributed by atoms with Gasteiger partial charge in [-0.1, -0.05) is 6.92 Å². The zero-order chi connectivity index (χ0) is 16.1. The summed E-state index contributed by atoms with van der Waals surface area (Å²) in [6.07, 6.45) is 3.21. The first-order chi connectivity index (χ1) is 10.6. The molecular weight excluding hydrogens is 276 g/mol. The predicted molar refractivity (Wildman–Crippen MR) is 91.0 cm³/mol. The number of benzene rings is 1. The number of ether oxygens (including phenoxy) is 1. The fourth-order valence-electron chi connectivity index (χ4n) is 2.96. The Hall–Kier alpha value is -1.81. The second kappa shape index (κ2) is 7.45. The fraction of sp³-hybridized carbons (Fsp3) is 0.500. The number of nitrogens with zero attached hydrogens (tertiary/aromatic N) is 1. The van der Waals surface area contributed by atoms with Crippen molar-refractivity contribution < 1.29 is 9.53 Å². The SMILES string of the molecule is CCNCCCCc1c(OC)ccc2c1cc(C(C)=O)n2C. The number of rotatable bonds is 8. The molecule has 0 fully saturated rings. The van der Waals surface area contributed by atoms with E-state index in [4.69, 9.17) is 4.74 Å². The van der Waals surface area contributed by atoms with E-state index in [1.165, 1.54) is 5.56 Å². The highest BCUT2D eigenvalue weighted by Gasteiger charge is 2.15. The summed E-state index contributed by atoms with van der Waals surface area (Å²) in [4.78, 5) is 11.8. The van der Waals surface area contributed by atoms with Gasteiger partial charge in [0.2, 0.25) is 0 Å². The number of unbranched alkanes of at least 4 members (excludes halogenated alkanes) is 1. The number of carbonyl (C=O) groups is 1. The number of hydrogen-bond donors (Lipinski definition) is 1. The number of aromatic nitrogens is 1. The van der Waals surface area contributed by atoms with Crippen molar-refractivity contribution in [2.45, 2.75) is 33.1 Å². The highest BCUT2D eigenvalue weighted by Crippen LogP contribution is 2.31. The number of methoxy groups -OCH3 is 1. The Bertz CT molecular complexity index is 659. The quantitative estimate of drug-likeness (QED) is 0.601. The fourth-order valence-corrected chi connectivity index (χ4v) is 2.96. The Morgan fingerprint density at radius 3 is 2.73 bits per heavy atom. The number of fused-ring (bicyclic) bond motifs is 1. The lowest BCUT2D eigenvalue weighted by Crippen LogP contribution is -2.14. The molecule has 0 aliphatic carbocycles. The van der Waals surface area contributed by atoms with E-state index in [-0.39, 0.29) is 5.78 Å². The maximum Gasteiger partial charge on any atom is 0.176 e. The van der Waals surface area contributed by atoms with Crippen LogP contribution >= 0.6 is 0 Å². The van der Waals surface area contributed by atoms with Crippen molar-refractivity contribution in [1.82, 2.24) is 9.88 Å². The highest BCUT2D eigenvalue weighted by atomic mass is 16.5. The van der Waals surface area contributed by atoms with Gasteiger partial charge in [-0.15, -0.1) is 0 Å². The third kappa shape index (κ3) is 3.33. The highest BCUT2D eigenvalue weighted by molar-refractivity contribution is 6.00. The third-order valence-corrected chi connectivity index (χ3v) is 4.16. The molecule has 0 saturated carbocycles. The smallest absolute Gasteiger partial charge is 0.176 e. The van der Waals surface area contributed by atoms with Crippen LogP contribution in [-0.2, 0) is 13.5 Å². The van der Waals surface area contributed by atoms with Crippen LogP contribution in [0.5, 0.6) is 5.75 Å². The van der Waals surface area contributed by atoms with Crippen LogP contribution in [0.4, 0.5) is 0 Å². The summed E-state index contributed by atoms with van der Waals surface area (Å²) >= 11 is 0. The number of nitrogens with one attached hydrogen (secondary N) is 1. The zero-order valence-electron chi connectivity index (χ0n) is 14.0. The summed E-state index contributed by atoms with van der Waals surface area (Å²) in [5.74, 6) is 1.01. The molecule has 120 valence electrons. The van der Waals surface area contributed by atoms with E-state index in [0.29, 0.717) is 0 Å². The van der Waals surface area contributed by atoms with Gasteiger partial charge in [0, 0.05) is 30.4 Å². The third-order valence-electron chi connectivity index (χ3n) is 4.16. The molecule has 1 heterocycles. The van der Waals surface area contributed by atoms with Gasteiger partial charge in [-0.05, 0) is 50.6 Å². The summed E-state index contributed by atoms with van der Waals surface area (Å²) in [6, 6.07) is 6.04. The molecule has 1 N–H and O–H groups in total. The van der Waals surface area contributed by atoms with Crippen LogP contribution < -0.4 is 10.1 Å². The molecular formula is C18H26N2O2. The van der Waals surface area contributed by atoms with E-state index < -0.39 is 0 Å². The normalized spacial score (nSPS) is 11.1. The Balaban J connectivity index is 2.32. The first-order valence-electron chi connectivity index (χ1n) is 7.97. The summed E-state index contributed by atoms with van der Waals surface area (Å²) < 4.78 is 7.50. The molecule has 0 atom stereocenters. The van der Waals surface area contributed by atoms with E-state index >= 15 is 0 Å². The molecule has 0 spiro atoms. The Kier molecular flexibility index (Phi) is 5.61. The minimum absolute atomic E-state index is 0.0933. The van der Waals surface area contributed by atoms with Crippen LogP contribution in [0.15, 0.2) is 18.2 Å². The van der Waals surface area contributed by atoms with E-state index in [1.807, 2.05) is 29.8 Å². The first kappa shape index (κ1) is 16.6. The summed E-state index contributed by atoms with van der Waals surface area (Å²) in [6.45, 7) is 5.79. The predicted octanol–water partition coefficient (Wildman–Crippen LogP) is 3.32. The average Bonchev–Trinajstić information content (AvgIpc) is 2.84. The largest absolute Gasteiger partial charge is 0.496 e. The summed E-state index contributed by atoms with van der Waals surface area (Å²) in [5, 5.41) is 4.48. The zero-order valence-corrected chi connectivity index (χ0v) is 14.0. The summed E-state index contributed by atoms with van der Waals surface area (Å²) in [7, 11) is 3.65. The number of carbonyl (C=O) groups excluding carboxylic acids is 1. The lowest BCUT2D eigenvalue weighted by Gasteiger charge is -2.11. The Morgan fingerprint density at radius 1 is 1.32 bits per heavy atom. The molecule has 0 amide bonds. The molecule has 1 aromatic carbocycles. The van der Waals surface area contributed by atoms with Crippen LogP contribution in [0.1, 0.15) is 42.7 Å². The molecule has 0 saturated heterocycles. The maximum absolute atomic E-state index is 11.8. The van der Waals surface area contributed by atoms with Crippen molar-refractivity contribution in [2.75, 3.05) is 20.2 Å². The molecule has 2 rings (SSSR count). The lowest BCUT2D eigenvalue weighted by atomic mass is 10.0. The Morgan fingerprint density at radius 2 is 2.09 bits per heavy atom. The number of aryl methyl sites for hydroxylation is 2. The van der Waals surface area contributed by atoms with E-state index in [2.05, 4.69) is 12.2 Å². The molecule has 4 heteroatoms. The average molecular weight is 302 g/mol. The van der Waals surface area contributed by atoms with Crippen LogP contribution in [0.25, 0.3) is 10.9 Å². The van der Waals surface area contributed by atoms with Gasteiger partial charge in [0.05, 0.1) is 12.8 Å². The minimum Gasteiger partial charge on any atom is -0.496 e. The van der Waals surface area contributed by atoms with Gasteiger partial charge in [0.1, 0.15) is 5.75 Å². The standard InChI is InChI=1S/C18H26N2O2/c1-5-19-11-7-6-8-14-15-12-17(13(2)21)20(3)16(15)9-10-18(14)22-4/h9-10,12,19H,5-8,11H2,1-4H3. The van der Waals surface area contributed by atoms with Gasteiger partial charge in [-0.2, -0.15) is 0 Å². The minimum atomic E-state index is 0.0933. The van der Waals surface area contributed by atoms with Crippen molar-refractivity contribution in [1.29, 1.82) is 0 Å². The molecule has 0 radical (unpaired) electrons. The van der Waals surface area contributed by atoms with Crippen molar-refractivity contribution in [3.63, 3.8) is 0 Å². The van der Waals surface area contributed by atoms with Crippen LogP contribution in [0, 0.1) is 0 Å². The van der Waals surface area contributed by atoms with Crippen LogP contribution in [0.2, 0.25) is 0 Å². The second-order valence-electron chi connectivity index (χ2n) is 5.63. The number of Topliss-reactive ketones (excluding diaryl/α,β-unsaturated/α-hetero) is 1. The van der Waals surface area contributed by atoms with E-state index in [1.54, 1.807) is 14.0 Å². The van der Waals surface area contributed by atoms with Gasteiger partial charge in [0.25, 0.3) is 0 Å².